The minimum atomic E-state index is -0.546. The maximum atomic E-state index is 12.1. The van der Waals surface area contributed by atoms with Gasteiger partial charge in [-0.05, 0) is 18.4 Å². The lowest BCUT2D eigenvalue weighted by Crippen LogP contribution is -2.28. The third-order valence-electron chi connectivity index (χ3n) is 3.51. The SMILES string of the molecule is CN(CCC(O)c1ccccc1)C(=O)CCc1csc(N)n1. The van der Waals surface area contributed by atoms with Gasteiger partial charge in [-0.2, -0.15) is 0 Å². The molecule has 1 heterocycles. The van der Waals surface area contributed by atoms with Gasteiger partial charge in [-0.25, -0.2) is 4.98 Å². The predicted octanol–water partition coefficient (Wildman–Crippen LogP) is 2.24. The molecule has 0 saturated heterocycles. The minimum absolute atomic E-state index is 0.0480. The average molecular weight is 319 g/mol. The van der Waals surface area contributed by atoms with E-state index in [4.69, 9.17) is 5.73 Å². The summed E-state index contributed by atoms with van der Waals surface area (Å²) >= 11 is 1.38. The Morgan fingerprint density at radius 3 is 2.77 bits per heavy atom. The summed E-state index contributed by atoms with van der Waals surface area (Å²) in [5.41, 5.74) is 7.30. The fraction of sp³-hybridized carbons (Fsp3) is 0.375. The summed E-state index contributed by atoms with van der Waals surface area (Å²) in [6, 6.07) is 9.48. The second kappa shape index (κ2) is 7.91. The number of rotatable bonds is 7. The molecule has 0 aliphatic heterocycles. The number of nitrogens with zero attached hydrogens (tertiary/aromatic N) is 2. The number of aliphatic hydroxyl groups is 1. The summed E-state index contributed by atoms with van der Waals surface area (Å²) in [5.74, 6) is 0.0480. The summed E-state index contributed by atoms with van der Waals surface area (Å²) in [4.78, 5) is 17.9. The first-order chi connectivity index (χ1) is 10.6. The number of anilines is 1. The van der Waals surface area contributed by atoms with Crippen LogP contribution in [0, 0.1) is 0 Å². The van der Waals surface area contributed by atoms with E-state index in [9.17, 15) is 9.90 Å². The van der Waals surface area contributed by atoms with Gasteiger partial charge in [0.25, 0.3) is 0 Å². The summed E-state index contributed by atoms with van der Waals surface area (Å²) < 4.78 is 0. The van der Waals surface area contributed by atoms with Crippen molar-refractivity contribution in [3.05, 3.63) is 47.0 Å². The highest BCUT2D eigenvalue weighted by atomic mass is 32.1. The molecule has 0 saturated carbocycles. The molecule has 22 heavy (non-hydrogen) atoms. The van der Waals surface area contributed by atoms with Crippen molar-refractivity contribution in [1.82, 2.24) is 9.88 Å². The van der Waals surface area contributed by atoms with Crippen molar-refractivity contribution in [2.24, 2.45) is 0 Å². The molecule has 0 spiro atoms. The largest absolute Gasteiger partial charge is 0.388 e. The van der Waals surface area contributed by atoms with Crippen molar-refractivity contribution in [1.29, 1.82) is 0 Å². The Labute approximate surface area is 134 Å². The van der Waals surface area contributed by atoms with Crippen LogP contribution in [0.4, 0.5) is 5.13 Å². The lowest BCUT2D eigenvalue weighted by Gasteiger charge is -2.19. The van der Waals surface area contributed by atoms with Crippen LogP contribution >= 0.6 is 11.3 Å². The molecule has 0 aliphatic rings. The summed E-state index contributed by atoms with van der Waals surface area (Å²) in [6.45, 7) is 0.522. The van der Waals surface area contributed by atoms with Crippen molar-refractivity contribution in [2.75, 3.05) is 19.3 Å². The topological polar surface area (TPSA) is 79.5 Å². The number of carbonyl (C=O) groups excluding carboxylic acids is 1. The first kappa shape index (κ1) is 16.5. The van der Waals surface area contributed by atoms with Gasteiger partial charge in [-0.3, -0.25) is 4.79 Å². The van der Waals surface area contributed by atoms with E-state index in [0.29, 0.717) is 30.9 Å². The number of amides is 1. The maximum absolute atomic E-state index is 12.1. The number of nitrogen functional groups attached to an aromatic ring is 1. The highest BCUT2D eigenvalue weighted by Crippen LogP contribution is 2.17. The van der Waals surface area contributed by atoms with Crippen LogP contribution in [-0.4, -0.2) is 34.5 Å². The molecule has 1 aromatic heterocycles. The third-order valence-corrected chi connectivity index (χ3v) is 4.24. The zero-order valence-corrected chi connectivity index (χ0v) is 13.4. The van der Waals surface area contributed by atoms with Crippen molar-refractivity contribution >= 4 is 22.4 Å². The molecule has 0 bridgehead atoms. The highest BCUT2D eigenvalue weighted by Gasteiger charge is 2.13. The van der Waals surface area contributed by atoms with Crippen molar-refractivity contribution < 1.29 is 9.90 Å². The minimum Gasteiger partial charge on any atom is -0.388 e. The summed E-state index contributed by atoms with van der Waals surface area (Å²) in [5, 5.41) is 12.5. The van der Waals surface area contributed by atoms with E-state index in [0.717, 1.165) is 11.3 Å². The van der Waals surface area contributed by atoms with Gasteiger partial charge in [-0.15, -0.1) is 11.3 Å². The number of hydrogen-bond acceptors (Lipinski definition) is 5. The van der Waals surface area contributed by atoms with Crippen LogP contribution in [0.25, 0.3) is 0 Å². The molecule has 0 fully saturated rings. The summed E-state index contributed by atoms with van der Waals surface area (Å²) in [7, 11) is 1.76. The number of aromatic nitrogens is 1. The van der Waals surface area contributed by atoms with Crippen LogP contribution in [0.15, 0.2) is 35.7 Å². The molecular weight excluding hydrogens is 298 g/mol. The quantitative estimate of drug-likeness (QED) is 0.820. The van der Waals surface area contributed by atoms with Gasteiger partial charge in [0.05, 0.1) is 11.8 Å². The van der Waals surface area contributed by atoms with Crippen LogP contribution in [0.2, 0.25) is 0 Å². The zero-order chi connectivity index (χ0) is 15.9. The molecule has 6 heteroatoms. The van der Waals surface area contributed by atoms with Gasteiger partial charge in [0, 0.05) is 25.4 Å². The summed E-state index contributed by atoms with van der Waals surface area (Å²) in [6.07, 6.45) is 0.976. The van der Waals surface area contributed by atoms with E-state index in [1.807, 2.05) is 35.7 Å². The van der Waals surface area contributed by atoms with Crippen molar-refractivity contribution in [3.8, 4) is 0 Å². The lowest BCUT2D eigenvalue weighted by atomic mass is 10.1. The molecule has 0 aliphatic carbocycles. The maximum Gasteiger partial charge on any atom is 0.222 e. The van der Waals surface area contributed by atoms with Crippen LogP contribution in [-0.2, 0) is 11.2 Å². The molecule has 5 nitrogen and oxygen atoms in total. The van der Waals surface area contributed by atoms with Gasteiger partial charge in [-0.1, -0.05) is 30.3 Å². The van der Waals surface area contributed by atoms with Crippen LogP contribution in [0.3, 0.4) is 0 Å². The Morgan fingerprint density at radius 1 is 1.41 bits per heavy atom. The molecule has 1 aromatic carbocycles. The normalized spacial score (nSPS) is 12.1. The van der Waals surface area contributed by atoms with Gasteiger partial charge >= 0.3 is 0 Å². The molecule has 118 valence electrons. The lowest BCUT2D eigenvalue weighted by molar-refractivity contribution is -0.130. The first-order valence-corrected chi connectivity index (χ1v) is 8.11. The Kier molecular flexibility index (Phi) is 5.91. The molecule has 1 atom stereocenters. The Bertz CT molecular complexity index is 600. The Hall–Kier alpha value is -1.92. The Morgan fingerprint density at radius 2 is 2.14 bits per heavy atom. The van der Waals surface area contributed by atoms with Crippen molar-refractivity contribution in [3.63, 3.8) is 0 Å². The van der Waals surface area contributed by atoms with Crippen LogP contribution < -0.4 is 5.73 Å². The highest BCUT2D eigenvalue weighted by molar-refractivity contribution is 7.13. The van der Waals surface area contributed by atoms with E-state index in [1.54, 1.807) is 11.9 Å². The molecule has 0 radical (unpaired) electrons. The van der Waals surface area contributed by atoms with Gasteiger partial charge in [0.1, 0.15) is 0 Å². The monoisotopic (exact) mass is 319 g/mol. The number of aliphatic hydroxyl groups excluding tert-OH is 1. The third kappa shape index (κ3) is 4.82. The van der Waals surface area contributed by atoms with E-state index in [-0.39, 0.29) is 5.91 Å². The smallest absolute Gasteiger partial charge is 0.222 e. The van der Waals surface area contributed by atoms with Gasteiger partial charge in [0.2, 0.25) is 5.91 Å². The standard InChI is InChI=1S/C16H21N3O2S/c1-19(10-9-14(20)12-5-3-2-4-6-12)15(21)8-7-13-11-22-16(17)18-13/h2-6,11,14,20H,7-10H2,1H3,(H2,17,18). The molecule has 2 aromatic rings. The second-order valence-electron chi connectivity index (χ2n) is 5.21. The fourth-order valence-electron chi connectivity index (χ4n) is 2.15. The van der Waals surface area contributed by atoms with E-state index in [2.05, 4.69) is 4.98 Å². The van der Waals surface area contributed by atoms with Gasteiger partial charge in [0.15, 0.2) is 5.13 Å². The van der Waals surface area contributed by atoms with Gasteiger partial charge < -0.3 is 15.7 Å². The van der Waals surface area contributed by atoms with Crippen LogP contribution in [0.1, 0.15) is 30.2 Å². The number of aryl methyl sites for hydroxylation is 1. The van der Waals surface area contributed by atoms with E-state index < -0.39 is 6.10 Å². The van der Waals surface area contributed by atoms with E-state index >= 15 is 0 Å². The van der Waals surface area contributed by atoms with Crippen LogP contribution in [0.5, 0.6) is 0 Å². The molecular formula is C16H21N3O2S. The zero-order valence-electron chi connectivity index (χ0n) is 12.6. The first-order valence-electron chi connectivity index (χ1n) is 7.23. The molecule has 3 N–H and O–H groups in total. The number of hydrogen-bond donors (Lipinski definition) is 2. The predicted molar refractivity (Wildman–Crippen MR) is 88.5 cm³/mol. The number of nitrogens with two attached hydrogens (primary N) is 1. The second-order valence-corrected chi connectivity index (χ2v) is 6.10. The molecule has 2 rings (SSSR count). The molecule has 1 unspecified atom stereocenters. The Balaban J connectivity index is 1.74. The van der Waals surface area contributed by atoms with Crippen molar-refractivity contribution in [2.45, 2.75) is 25.4 Å². The number of thiazole rings is 1. The molecule has 1 amide bonds. The fourth-order valence-corrected chi connectivity index (χ4v) is 2.74. The number of benzene rings is 1. The number of carbonyl (C=O) groups is 1. The average Bonchev–Trinajstić information content (AvgIpc) is 2.96. The van der Waals surface area contributed by atoms with E-state index in [1.165, 1.54) is 11.3 Å².